The van der Waals surface area contributed by atoms with Crippen LogP contribution in [0.15, 0.2) is 70.6 Å². The molecule has 0 atom stereocenters. The van der Waals surface area contributed by atoms with Gasteiger partial charge in [0.2, 0.25) is 5.96 Å². The lowest BCUT2D eigenvalue weighted by molar-refractivity contribution is 0.0690. The molecule has 2 aromatic carbocycles. The molecule has 0 unspecified atom stereocenters. The minimum atomic E-state index is -1.10. The first-order valence-corrected chi connectivity index (χ1v) is 7.87. The van der Waals surface area contributed by atoms with Gasteiger partial charge >= 0.3 is 5.97 Å². The molecule has 9 nitrogen and oxygen atoms in total. The third kappa shape index (κ3) is 4.10. The lowest BCUT2D eigenvalue weighted by Crippen LogP contribution is -2.26. The first-order chi connectivity index (χ1) is 12.9. The number of carbonyl (C=O) groups is 1. The summed E-state index contributed by atoms with van der Waals surface area (Å²) in [4.78, 5) is 19.1. The number of benzene rings is 2. The van der Waals surface area contributed by atoms with Gasteiger partial charge in [0.05, 0.1) is 17.1 Å². The third-order valence-electron chi connectivity index (χ3n) is 3.58. The number of nitrogens with two attached hydrogens (primary N) is 3. The molecule has 136 valence electrons. The van der Waals surface area contributed by atoms with E-state index in [2.05, 4.69) is 15.1 Å². The van der Waals surface area contributed by atoms with Crippen molar-refractivity contribution in [1.82, 2.24) is 9.78 Å². The molecule has 27 heavy (non-hydrogen) atoms. The van der Waals surface area contributed by atoms with Crippen LogP contribution in [0.4, 0.5) is 5.69 Å². The van der Waals surface area contributed by atoms with Gasteiger partial charge in [-0.1, -0.05) is 30.3 Å². The fourth-order valence-electron chi connectivity index (χ4n) is 2.45. The van der Waals surface area contributed by atoms with Gasteiger partial charge in [0.15, 0.2) is 11.7 Å². The number of carboxylic acid groups (broad SMARTS) is 1. The van der Waals surface area contributed by atoms with E-state index in [0.29, 0.717) is 17.1 Å². The minimum Gasteiger partial charge on any atom is -0.476 e. The number of aromatic carboxylic acids is 1. The van der Waals surface area contributed by atoms with E-state index < -0.39 is 5.97 Å². The summed E-state index contributed by atoms with van der Waals surface area (Å²) in [5.74, 6) is -1.35. The smallest absolute Gasteiger partial charge is 0.356 e. The number of nitrogens with zero attached hydrogens (tertiary/aromatic N) is 4. The van der Waals surface area contributed by atoms with Crippen molar-refractivity contribution in [3.8, 4) is 16.9 Å². The molecule has 0 aliphatic carbocycles. The summed E-state index contributed by atoms with van der Waals surface area (Å²) in [6, 6.07) is 17.8. The van der Waals surface area contributed by atoms with Crippen molar-refractivity contribution in [3.05, 3.63) is 66.4 Å². The summed E-state index contributed by atoms with van der Waals surface area (Å²) < 4.78 is 1.56. The van der Waals surface area contributed by atoms with Gasteiger partial charge in [-0.25, -0.2) is 14.5 Å². The summed E-state index contributed by atoms with van der Waals surface area (Å²) in [5, 5.41) is 13.5. The third-order valence-corrected chi connectivity index (χ3v) is 3.58. The largest absolute Gasteiger partial charge is 0.476 e. The second kappa shape index (κ2) is 7.40. The van der Waals surface area contributed by atoms with Crippen LogP contribution in [0.2, 0.25) is 0 Å². The van der Waals surface area contributed by atoms with E-state index >= 15 is 0 Å². The highest BCUT2D eigenvalue weighted by atomic mass is 16.4. The summed E-state index contributed by atoms with van der Waals surface area (Å²) in [6.45, 7) is 0. The normalized spacial score (nSPS) is 11.2. The Morgan fingerprint density at radius 2 is 1.67 bits per heavy atom. The predicted octanol–water partition coefficient (Wildman–Crippen LogP) is 1.46. The van der Waals surface area contributed by atoms with E-state index in [-0.39, 0.29) is 17.6 Å². The molecule has 0 aliphatic rings. The first kappa shape index (κ1) is 17.7. The zero-order valence-electron chi connectivity index (χ0n) is 14.1. The molecule has 0 amide bonds. The Labute approximate surface area is 154 Å². The number of hydrogen-bond donors (Lipinski definition) is 4. The SMILES string of the molecule is NC(N)=NC(N)=Nc1ccc(-n2nc(C(=O)O)cc2-c2ccccc2)cc1. The predicted molar refractivity (Wildman–Crippen MR) is 103 cm³/mol. The average molecular weight is 363 g/mol. The van der Waals surface area contributed by atoms with Crippen LogP contribution in [0.5, 0.6) is 0 Å². The highest BCUT2D eigenvalue weighted by molar-refractivity contribution is 5.93. The van der Waals surface area contributed by atoms with Crippen LogP contribution < -0.4 is 17.2 Å². The van der Waals surface area contributed by atoms with Crippen LogP contribution in [0.25, 0.3) is 16.9 Å². The van der Waals surface area contributed by atoms with Gasteiger partial charge < -0.3 is 22.3 Å². The lowest BCUT2D eigenvalue weighted by atomic mass is 10.1. The van der Waals surface area contributed by atoms with E-state index in [0.717, 1.165) is 5.56 Å². The number of rotatable bonds is 4. The van der Waals surface area contributed by atoms with Crippen LogP contribution in [0, 0.1) is 0 Å². The molecule has 0 radical (unpaired) electrons. The van der Waals surface area contributed by atoms with Crippen LogP contribution >= 0.6 is 0 Å². The molecule has 1 heterocycles. The molecule has 0 spiro atoms. The molecule has 7 N–H and O–H groups in total. The Hall–Kier alpha value is -4.14. The van der Waals surface area contributed by atoms with Gasteiger partial charge in [-0.2, -0.15) is 10.1 Å². The second-order valence-electron chi connectivity index (χ2n) is 5.52. The van der Waals surface area contributed by atoms with Crippen molar-refractivity contribution in [3.63, 3.8) is 0 Å². The van der Waals surface area contributed by atoms with Crippen LogP contribution in [0.3, 0.4) is 0 Å². The molecule has 0 aliphatic heterocycles. The number of hydrogen-bond acceptors (Lipinski definition) is 3. The fourth-order valence-corrected chi connectivity index (χ4v) is 2.45. The van der Waals surface area contributed by atoms with Crippen molar-refractivity contribution in [1.29, 1.82) is 0 Å². The van der Waals surface area contributed by atoms with E-state index in [1.807, 2.05) is 30.3 Å². The zero-order chi connectivity index (χ0) is 19.4. The van der Waals surface area contributed by atoms with Gasteiger partial charge in [0, 0.05) is 5.56 Å². The number of aromatic nitrogens is 2. The highest BCUT2D eigenvalue weighted by Crippen LogP contribution is 2.25. The molecule has 0 fully saturated rings. The van der Waals surface area contributed by atoms with Crippen molar-refractivity contribution >= 4 is 23.6 Å². The Balaban J connectivity index is 2.01. The molecular weight excluding hydrogens is 346 g/mol. The molecule has 0 saturated carbocycles. The Bertz CT molecular complexity index is 1020. The van der Waals surface area contributed by atoms with Crippen molar-refractivity contribution < 1.29 is 9.90 Å². The summed E-state index contributed by atoms with van der Waals surface area (Å²) in [7, 11) is 0. The molecular formula is C18H17N7O2. The minimum absolute atomic E-state index is 0.0482. The van der Waals surface area contributed by atoms with Gasteiger partial charge in [-0.3, -0.25) is 0 Å². The second-order valence-corrected chi connectivity index (χ2v) is 5.52. The van der Waals surface area contributed by atoms with Crippen LogP contribution in [-0.2, 0) is 0 Å². The Morgan fingerprint density at radius 1 is 1.00 bits per heavy atom. The molecule has 0 bridgehead atoms. The summed E-state index contributed by atoms with van der Waals surface area (Å²) >= 11 is 0. The van der Waals surface area contributed by atoms with Gasteiger partial charge in [-0.05, 0) is 30.3 Å². The van der Waals surface area contributed by atoms with Gasteiger partial charge in [0.1, 0.15) is 0 Å². The topological polar surface area (TPSA) is 158 Å². The van der Waals surface area contributed by atoms with Gasteiger partial charge in [-0.15, -0.1) is 0 Å². The molecule has 0 saturated heterocycles. The quantitative estimate of drug-likeness (QED) is 0.406. The maximum absolute atomic E-state index is 11.4. The van der Waals surface area contributed by atoms with Crippen molar-refractivity contribution in [2.75, 3.05) is 0 Å². The van der Waals surface area contributed by atoms with E-state index in [4.69, 9.17) is 17.2 Å². The molecule has 3 aromatic rings. The number of aliphatic imine (C=N–C) groups is 2. The van der Waals surface area contributed by atoms with E-state index in [9.17, 15) is 9.90 Å². The number of guanidine groups is 2. The monoisotopic (exact) mass is 363 g/mol. The maximum atomic E-state index is 11.4. The van der Waals surface area contributed by atoms with Crippen LogP contribution in [0.1, 0.15) is 10.5 Å². The standard InChI is InChI=1S/C18H17N7O2/c19-17(20)23-18(21)22-12-6-8-13(9-7-12)25-15(10-14(24-25)16(26)27)11-4-2-1-3-5-11/h1-10H,(H,26,27)(H6,19,20,21,22,23). The fraction of sp³-hybridized carbons (Fsp3) is 0. The van der Waals surface area contributed by atoms with E-state index in [1.165, 1.54) is 6.07 Å². The maximum Gasteiger partial charge on any atom is 0.356 e. The Kier molecular flexibility index (Phi) is 4.84. The highest BCUT2D eigenvalue weighted by Gasteiger charge is 2.15. The number of carboxylic acids is 1. The van der Waals surface area contributed by atoms with Crippen LogP contribution in [-0.4, -0.2) is 32.8 Å². The van der Waals surface area contributed by atoms with Crippen molar-refractivity contribution in [2.45, 2.75) is 0 Å². The summed E-state index contributed by atoms with van der Waals surface area (Å²) in [6.07, 6.45) is 0. The first-order valence-electron chi connectivity index (χ1n) is 7.87. The summed E-state index contributed by atoms with van der Waals surface area (Å²) in [5.41, 5.74) is 18.8. The average Bonchev–Trinajstić information content (AvgIpc) is 3.08. The van der Waals surface area contributed by atoms with Gasteiger partial charge in [0.25, 0.3) is 0 Å². The molecule has 3 rings (SSSR count). The molecule has 1 aromatic heterocycles. The lowest BCUT2D eigenvalue weighted by Gasteiger charge is -2.08. The van der Waals surface area contributed by atoms with E-state index in [1.54, 1.807) is 28.9 Å². The zero-order valence-corrected chi connectivity index (χ0v) is 14.1. The Morgan fingerprint density at radius 3 is 2.26 bits per heavy atom. The van der Waals surface area contributed by atoms with Crippen molar-refractivity contribution in [2.24, 2.45) is 27.2 Å². The molecule has 9 heteroatoms.